The van der Waals surface area contributed by atoms with Gasteiger partial charge in [-0.05, 0) is 41.9 Å². The number of carbonyl (C=O) groups excluding carboxylic acids is 1. The third-order valence-corrected chi connectivity index (χ3v) is 5.21. The Morgan fingerprint density at radius 2 is 1.78 bits per heavy atom. The molecular formula is C12H16BrNO3S. The minimum absolute atomic E-state index is 0.158. The number of hydrogen-bond donors (Lipinski definition) is 0. The largest absolute Gasteiger partial charge is 0.342 e. The quantitative estimate of drug-likeness (QED) is 0.829. The number of hydrogen-bond acceptors (Lipinski definition) is 3. The Morgan fingerprint density at radius 3 is 2.28 bits per heavy atom. The van der Waals surface area contributed by atoms with Gasteiger partial charge in [0.2, 0.25) is 5.91 Å². The summed E-state index contributed by atoms with van der Waals surface area (Å²) >= 11 is 3.19. The van der Waals surface area contributed by atoms with Crippen LogP contribution in [0, 0.1) is 0 Å². The summed E-state index contributed by atoms with van der Waals surface area (Å²) in [7, 11) is -3.59. The first kappa shape index (κ1) is 15.2. The minimum Gasteiger partial charge on any atom is -0.342 e. The van der Waals surface area contributed by atoms with Gasteiger partial charge in [-0.2, -0.15) is 0 Å². The normalized spacial score (nSPS) is 11.3. The van der Waals surface area contributed by atoms with Crippen LogP contribution < -0.4 is 0 Å². The van der Waals surface area contributed by atoms with E-state index in [9.17, 15) is 13.2 Å². The van der Waals surface area contributed by atoms with Gasteiger partial charge in [0.25, 0.3) is 0 Å². The smallest absolute Gasteiger partial charge is 0.238 e. The van der Waals surface area contributed by atoms with Crippen LogP contribution in [0.4, 0.5) is 0 Å². The lowest BCUT2D eigenvalue weighted by Gasteiger charge is -2.18. The van der Waals surface area contributed by atoms with Crippen molar-refractivity contribution in [3.63, 3.8) is 0 Å². The van der Waals surface area contributed by atoms with Gasteiger partial charge in [-0.1, -0.05) is 12.1 Å². The molecule has 0 radical (unpaired) electrons. The lowest BCUT2D eigenvalue weighted by Crippen LogP contribution is -2.35. The van der Waals surface area contributed by atoms with Crippen LogP contribution in [-0.2, 0) is 14.6 Å². The number of nitrogens with zero attached hydrogens (tertiary/aromatic N) is 1. The number of halogens is 1. The van der Waals surface area contributed by atoms with Gasteiger partial charge in [0.15, 0.2) is 9.84 Å². The zero-order chi connectivity index (χ0) is 13.8. The Hall–Kier alpha value is -0.880. The molecule has 1 amide bonds. The lowest BCUT2D eigenvalue weighted by atomic mass is 10.4. The summed E-state index contributed by atoms with van der Waals surface area (Å²) in [4.78, 5) is 13.5. The maximum atomic E-state index is 12.1. The second-order valence-electron chi connectivity index (χ2n) is 3.76. The summed E-state index contributed by atoms with van der Waals surface area (Å²) in [5.74, 6) is -0.854. The molecule has 0 saturated heterocycles. The topological polar surface area (TPSA) is 54.5 Å². The van der Waals surface area contributed by atoms with E-state index in [1.165, 1.54) is 11.0 Å². The van der Waals surface area contributed by atoms with Crippen molar-refractivity contribution in [1.29, 1.82) is 0 Å². The van der Waals surface area contributed by atoms with Gasteiger partial charge in [-0.15, -0.1) is 0 Å². The van der Waals surface area contributed by atoms with E-state index < -0.39 is 15.6 Å². The van der Waals surface area contributed by atoms with Gasteiger partial charge in [-0.3, -0.25) is 4.79 Å². The Kier molecular flexibility index (Phi) is 5.34. The van der Waals surface area contributed by atoms with Crippen LogP contribution >= 0.6 is 15.9 Å². The van der Waals surface area contributed by atoms with E-state index in [1.807, 2.05) is 13.8 Å². The van der Waals surface area contributed by atoms with E-state index in [0.717, 1.165) is 0 Å². The standard InChI is InChI=1S/C12H16BrNO3S/c1-3-14(4-2)12(15)9-18(16,17)11-8-6-5-7-10(11)13/h5-8H,3-4,9H2,1-2H3. The van der Waals surface area contributed by atoms with Crippen LogP contribution in [-0.4, -0.2) is 38.1 Å². The average Bonchev–Trinajstić information content (AvgIpc) is 2.30. The predicted octanol–water partition coefficient (Wildman–Crippen LogP) is 2.09. The maximum Gasteiger partial charge on any atom is 0.238 e. The van der Waals surface area contributed by atoms with Gasteiger partial charge in [0.05, 0.1) is 4.90 Å². The minimum atomic E-state index is -3.59. The highest BCUT2D eigenvalue weighted by Gasteiger charge is 2.23. The molecule has 0 N–H and O–H groups in total. The highest BCUT2D eigenvalue weighted by Crippen LogP contribution is 2.22. The fraction of sp³-hybridized carbons (Fsp3) is 0.417. The molecule has 0 aliphatic heterocycles. The monoisotopic (exact) mass is 333 g/mol. The average molecular weight is 334 g/mol. The van der Waals surface area contributed by atoms with Crippen molar-refractivity contribution < 1.29 is 13.2 Å². The van der Waals surface area contributed by atoms with Gasteiger partial charge in [0.1, 0.15) is 5.75 Å². The molecule has 0 aliphatic rings. The first-order valence-electron chi connectivity index (χ1n) is 5.67. The van der Waals surface area contributed by atoms with E-state index in [4.69, 9.17) is 0 Å². The van der Waals surface area contributed by atoms with Crippen LogP contribution in [0.2, 0.25) is 0 Å². The number of benzene rings is 1. The van der Waals surface area contributed by atoms with Crippen molar-refractivity contribution >= 4 is 31.7 Å². The molecule has 1 aromatic rings. The Morgan fingerprint density at radius 1 is 1.22 bits per heavy atom. The number of rotatable bonds is 5. The first-order chi connectivity index (χ1) is 8.42. The molecule has 0 fully saturated rings. The summed E-state index contributed by atoms with van der Waals surface area (Å²) in [6.45, 7) is 4.68. The molecule has 18 heavy (non-hydrogen) atoms. The second kappa shape index (κ2) is 6.33. The van der Waals surface area contributed by atoms with Crippen molar-refractivity contribution in [3.05, 3.63) is 28.7 Å². The summed E-state index contributed by atoms with van der Waals surface area (Å²) in [5.41, 5.74) is 0. The molecule has 0 heterocycles. The van der Waals surface area contributed by atoms with Crippen molar-refractivity contribution in [1.82, 2.24) is 4.90 Å². The highest BCUT2D eigenvalue weighted by atomic mass is 79.9. The Bertz CT molecular complexity index is 524. The van der Waals surface area contributed by atoms with Crippen molar-refractivity contribution in [2.45, 2.75) is 18.7 Å². The number of carbonyl (C=O) groups is 1. The van der Waals surface area contributed by atoms with E-state index in [0.29, 0.717) is 17.6 Å². The molecule has 0 aliphatic carbocycles. The molecule has 0 unspecified atom stereocenters. The molecular weight excluding hydrogens is 318 g/mol. The van der Waals surface area contributed by atoms with Gasteiger partial charge < -0.3 is 4.90 Å². The molecule has 0 atom stereocenters. The van der Waals surface area contributed by atoms with E-state index in [2.05, 4.69) is 15.9 Å². The summed E-state index contributed by atoms with van der Waals surface area (Å²) in [5, 5.41) is 0. The first-order valence-corrected chi connectivity index (χ1v) is 8.12. The molecule has 100 valence electrons. The Labute approximate surface area is 116 Å². The molecule has 6 heteroatoms. The number of sulfone groups is 1. The van der Waals surface area contributed by atoms with Crippen LogP contribution in [0.3, 0.4) is 0 Å². The van der Waals surface area contributed by atoms with Crippen molar-refractivity contribution in [2.24, 2.45) is 0 Å². The molecule has 1 aromatic carbocycles. The van der Waals surface area contributed by atoms with Crippen LogP contribution in [0.5, 0.6) is 0 Å². The lowest BCUT2D eigenvalue weighted by molar-refractivity contribution is -0.128. The fourth-order valence-electron chi connectivity index (χ4n) is 1.60. The second-order valence-corrected chi connectivity index (χ2v) is 6.57. The van der Waals surface area contributed by atoms with Gasteiger partial charge in [0, 0.05) is 17.6 Å². The molecule has 0 aromatic heterocycles. The zero-order valence-electron chi connectivity index (χ0n) is 10.4. The third-order valence-electron chi connectivity index (χ3n) is 2.60. The van der Waals surface area contributed by atoms with Gasteiger partial charge in [-0.25, -0.2) is 8.42 Å². The van der Waals surface area contributed by atoms with E-state index in [-0.39, 0.29) is 10.8 Å². The number of amides is 1. The van der Waals surface area contributed by atoms with Crippen LogP contribution in [0.15, 0.2) is 33.6 Å². The molecule has 1 rings (SSSR count). The van der Waals surface area contributed by atoms with Crippen LogP contribution in [0.25, 0.3) is 0 Å². The van der Waals surface area contributed by atoms with Gasteiger partial charge >= 0.3 is 0 Å². The highest BCUT2D eigenvalue weighted by molar-refractivity contribution is 9.10. The SMILES string of the molecule is CCN(CC)C(=O)CS(=O)(=O)c1ccccc1Br. The maximum absolute atomic E-state index is 12.1. The predicted molar refractivity (Wildman–Crippen MR) is 74.1 cm³/mol. The molecule has 0 saturated carbocycles. The summed E-state index contributed by atoms with van der Waals surface area (Å²) in [6.07, 6.45) is 0. The summed E-state index contributed by atoms with van der Waals surface area (Å²) in [6, 6.07) is 6.51. The van der Waals surface area contributed by atoms with E-state index in [1.54, 1.807) is 18.2 Å². The molecule has 4 nitrogen and oxygen atoms in total. The summed E-state index contributed by atoms with van der Waals surface area (Å²) < 4.78 is 24.7. The zero-order valence-corrected chi connectivity index (χ0v) is 12.8. The molecule has 0 bridgehead atoms. The third kappa shape index (κ3) is 3.55. The molecule has 0 spiro atoms. The van der Waals surface area contributed by atoms with Crippen LogP contribution in [0.1, 0.15) is 13.8 Å². The Balaban J connectivity index is 2.97. The van der Waals surface area contributed by atoms with Crippen molar-refractivity contribution in [3.8, 4) is 0 Å². The fourth-order valence-corrected chi connectivity index (χ4v) is 3.94. The van der Waals surface area contributed by atoms with E-state index >= 15 is 0 Å². The van der Waals surface area contributed by atoms with Crippen molar-refractivity contribution in [2.75, 3.05) is 18.8 Å².